The number of hydrogen-bond acceptors (Lipinski definition) is 3. The summed E-state index contributed by atoms with van der Waals surface area (Å²) in [7, 11) is 0. The molecule has 0 saturated heterocycles. The van der Waals surface area contributed by atoms with Crippen molar-refractivity contribution in [1.82, 2.24) is 10.6 Å². The lowest BCUT2D eigenvalue weighted by atomic mass is 9.87. The molecule has 0 bridgehead atoms. The van der Waals surface area contributed by atoms with E-state index in [2.05, 4.69) is 10.6 Å². The topological polar surface area (TPSA) is 61.4 Å². The zero-order valence-electron chi connectivity index (χ0n) is 11.3. The van der Waals surface area contributed by atoms with Gasteiger partial charge in [-0.25, -0.2) is 0 Å². The Hall–Kier alpha value is -0.610. The van der Waals surface area contributed by atoms with Crippen LogP contribution in [0.5, 0.6) is 0 Å². The standard InChI is InChI=1S/C13H26N2O2/c1-13(2,3)15-12(17)9-14-8-10-4-6-11(16)7-5-10/h10-11,14,16H,4-9H2,1-3H3,(H,15,17). The van der Waals surface area contributed by atoms with Crippen molar-refractivity contribution < 1.29 is 9.90 Å². The second-order valence-corrected chi connectivity index (χ2v) is 6.10. The van der Waals surface area contributed by atoms with E-state index in [0.29, 0.717) is 12.5 Å². The number of hydrogen-bond donors (Lipinski definition) is 3. The Labute approximate surface area is 104 Å². The zero-order valence-corrected chi connectivity index (χ0v) is 11.3. The number of rotatable bonds is 4. The van der Waals surface area contributed by atoms with E-state index in [4.69, 9.17) is 0 Å². The molecule has 0 unspecified atom stereocenters. The Morgan fingerprint density at radius 2 is 1.82 bits per heavy atom. The van der Waals surface area contributed by atoms with E-state index in [1.54, 1.807) is 0 Å². The summed E-state index contributed by atoms with van der Waals surface area (Å²) in [6.45, 7) is 7.20. The molecule has 0 spiro atoms. The van der Waals surface area contributed by atoms with Crippen molar-refractivity contribution in [3.8, 4) is 0 Å². The lowest BCUT2D eigenvalue weighted by Crippen LogP contribution is -2.45. The number of carbonyl (C=O) groups excluding carboxylic acids is 1. The summed E-state index contributed by atoms with van der Waals surface area (Å²) in [4.78, 5) is 11.5. The van der Waals surface area contributed by atoms with E-state index in [0.717, 1.165) is 32.2 Å². The summed E-state index contributed by atoms with van der Waals surface area (Å²) < 4.78 is 0. The third kappa shape index (κ3) is 6.64. The lowest BCUT2D eigenvalue weighted by molar-refractivity contribution is -0.121. The summed E-state index contributed by atoms with van der Waals surface area (Å²) >= 11 is 0. The van der Waals surface area contributed by atoms with Gasteiger partial charge in [0.1, 0.15) is 0 Å². The van der Waals surface area contributed by atoms with Gasteiger partial charge in [0, 0.05) is 5.54 Å². The average Bonchev–Trinajstić information content (AvgIpc) is 2.18. The molecule has 0 heterocycles. The largest absolute Gasteiger partial charge is 0.393 e. The summed E-state index contributed by atoms with van der Waals surface area (Å²) in [6.07, 6.45) is 3.83. The third-order valence-electron chi connectivity index (χ3n) is 3.05. The minimum Gasteiger partial charge on any atom is -0.393 e. The molecule has 4 nitrogen and oxygen atoms in total. The molecule has 0 atom stereocenters. The molecule has 0 aromatic rings. The molecule has 100 valence electrons. The SMILES string of the molecule is CC(C)(C)NC(=O)CNCC1CCC(O)CC1. The first-order valence-electron chi connectivity index (χ1n) is 6.56. The highest BCUT2D eigenvalue weighted by Crippen LogP contribution is 2.23. The van der Waals surface area contributed by atoms with Crippen LogP contribution in [0, 0.1) is 5.92 Å². The van der Waals surface area contributed by atoms with Crippen LogP contribution in [0.15, 0.2) is 0 Å². The summed E-state index contributed by atoms with van der Waals surface area (Å²) in [5.74, 6) is 0.661. The second kappa shape index (κ2) is 6.36. The first-order chi connectivity index (χ1) is 7.87. The fraction of sp³-hybridized carbons (Fsp3) is 0.923. The van der Waals surface area contributed by atoms with Gasteiger partial charge in [-0.15, -0.1) is 0 Å². The Morgan fingerprint density at radius 3 is 2.35 bits per heavy atom. The average molecular weight is 242 g/mol. The predicted octanol–water partition coefficient (Wildman–Crippen LogP) is 1.04. The molecule has 3 N–H and O–H groups in total. The predicted molar refractivity (Wildman–Crippen MR) is 68.7 cm³/mol. The maximum atomic E-state index is 11.5. The highest BCUT2D eigenvalue weighted by molar-refractivity contribution is 5.78. The molecule has 0 radical (unpaired) electrons. The Morgan fingerprint density at radius 1 is 1.24 bits per heavy atom. The van der Waals surface area contributed by atoms with Gasteiger partial charge in [0.2, 0.25) is 5.91 Å². The maximum Gasteiger partial charge on any atom is 0.234 e. The molecule has 1 saturated carbocycles. The van der Waals surface area contributed by atoms with Crippen LogP contribution in [0.3, 0.4) is 0 Å². The van der Waals surface area contributed by atoms with Crippen LogP contribution in [0.2, 0.25) is 0 Å². The maximum absolute atomic E-state index is 11.5. The first-order valence-corrected chi connectivity index (χ1v) is 6.56. The Kier molecular flexibility index (Phi) is 5.40. The molecule has 0 aliphatic heterocycles. The van der Waals surface area contributed by atoms with Crippen molar-refractivity contribution in [3.63, 3.8) is 0 Å². The Balaban J connectivity index is 2.09. The minimum absolute atomic E-state index is 0.0494. The van der Waals surface area contributed by atoms with Gasteiger partial charge in [0.25, 0.3) is 0 Å². The van der Waals surface area contributed by atoms with Crippen molar-refractivity contribution in [2.24, 2.45) is 5.92 Å². The van der Waals surface area contributed by atoms with Crippen molar-refractivity contribution in [1.29, 1.82) is 0 Å². The van der Waals surface area contributed by atoms with Crippen LogP contribution < -0.4 is 10.6 Å². The fourth-order valence-electron chi connectivity index (χ4n) is 2.20. The van der Waals surface area contributed by atoms with Crippen LogP contribution in [-0.2, 0) is 4.79 Å². The zero-order chi connectivity index (χ0) is 12.9. The van der Waals surface area contributed by atoms with Gasteiger partial charge >= 0.3 is 0 Å². The molecule has 0 aromatic heterocycles. The van der Waals surface area contributed by atoms with Gasteiger partial charge in [0.05, 0.1) is 12.6 Å². The van der Waals surface area contributed by atoms with Crippen LogP contribution >= 0.6 is 0 Å². The van der Waals surface area contributed by atoms with E-state index >= 15 is 0 Å². The summed E-state index contributed by atoms with van der Waals surface area (Å²) in [5.41, 5.74) is -0.159. The van der Waals surface area contributed by atoms with E-state index in [-0.39, 0.29) is 17.6 Å². The molecule has 1 fully saturated rings. The minimum atomic E-state index is -0.159. The number of amides is 1. The molecule has 1 amide bonds. The molecule has 4 heteroatoms. The molecule has 1 aliphatic carbocycles. The van der Waals surface area contributed by atoms with Crippen LogP contribution in [-0.4, -0.2) is 35.7 Å². The number of carbonyl (C=O) groups is 1. The van der Waals surface area contributed by atoms with Crippen molar-refractivity contribution in [2.45, 2.75) is 58.1 Å². The monoisotopic (exact) mass is 242 g/mol. The molecular weight excluding hydrogens is 216 g/mol. The Bertz CT molecular complexity index is 240. The van der Waals surface area contributed by atoms with Gasteiger partial charge in [-0.3, -0.25) is 4.79 Å². The number of nitrogens with one attached hydrogen (secondary N) is 2. The van der Waals surface area contributed by atoms with E-state index < -0.39 is 0 Å². The number of aliphatic hydroxyl groups excluding tert-OH is 1. The lowest BCUT2D eigenvalue weighted by Gasteiger charge is -2.26. The quantitative estimate of drug-likeness (QED) is 0.690. The van der Waals surface area contributed by atoms with Gasteiger partial charge < -0.3 is 15.7 Å². The van der Waals surface area contributed by atoms with Crippen LogP contribution in [0.1, 0.15) is 46.5 Å². The second-order valence-electron chi connectivity index (χ2n) is 6.10. The van der Waals surface area contributed by atoms with Crippen molar-refractivity contribution >= 4 is 5.91 Å². The van der Waals surface area contributed by atoms with Gasteiger partial charge in [0.15, 0.2) is 0 Å². The molecular formula is C13H26N2O2. The summed E-state index contributed by atoms with van der Waals surface area (Å²) in [5, 5.41) is 15.5. The van der Waals surface area contributed by atoms with Gasteiger partial charge in [-0.05, 0) is 58.9 Å². The molecule has 17 heavy (non-hydrogen) atoms. The van der Waals surface area contributed by atoms with E-state index in [9.17, 15) is 9.90 Å². The third-order valence-corrected chi connectivity index (χ3v) is 3.05. The smallest absolute Gasteiger partial charge is 0.234 e. The molecule has 1 aliphatic rings. The fourth-order valence-corrected chi connectivity index (χ4v) is 2.20. The number of aliphatic hydroxyl groups is 1. The highest BCUT2D eigenvalue weighted by atomic mass is 16.3. The van der Waals surface area contributed by atoms with Crippen LogP contribution in [0.4, 0.5) is 0 Å². The molecule has 0 aromatic carbocycles. The van der Waals surface area contributed by atoms with E-state index in [1.165, 1.54) is 0 Å². The van der Waals surface area contributed by atoms with E-state index in [1.807, 2.05) is 20.8 Å². The first kappa shape index (κ1) is 14.5. The van der Waals surface area contributed by atoms with Crippen LogP contribution in [0.25, 0.3) is 0 Å². The molecule has 1 rings (SSSR count). The highest BCUT2D eigenvalue weighted by Gasteiger charge is 2.19. The van der Waals surface area contributed by atoms with Gasteiger partial charge in [-0.2, -0.15) is 0 Å². The van der Waals surface area contributed by atoms with Crippen molar-refractivity contribution in [2.75, 3.05) is 13.1 Å². The van der Waals surface area contributed by atoms with Crippen molar-refractivity contribution in [3.05, 3.63) is 0 Å². The summed E-state index contributed by atoms with van der Waals surface area (Å²) in [6, 6.07) is 0. The van der Waals surface area contributed by atoms with Gasteiger partial charge in [-0.1, -0.05) is 0 Å². The normalized spacial score (nSPS) is 25.6.